The van der Waals surface area contributed by atoms with Crippen LogP contribution in [-0.4, -0.2) is 17.6 Å². The number of rotatable bonds is 7. The number of ether oxygens (including phenoxy) is 2. The van der Waals surface area contributed by atoms with Crippen molar-refractivity contribution in [3.8, 4) is 17.6 Å². The summed E-state index contributed by atoms with van der Waals surface area (Å²) in [5.41, 5.74) is 0.498. The fourth-order valence-corrected chi connectivity index (χ4v) is 2.18. The molecule has 1 aromatic heterocycles. The molecule has 0 spiro atoms. The Labute approximate surface area is 145 Å². The summed E-state index contributed by atoms with van der Waals surface area (Å²) in [4.78, 5) is 16.1. The second-order valence-corrected chi connectivity index (χ2v) is 5.49. The number of halogens is 1. The molecule has 2 rings (SSSR count). The number of hydrogen-bond acceptors (Lipinski definition) is 5. The van der Waals surface area contributed by atoms with Crippen LogP contribution in [0.3, 0.4) is 0 Å². The van der Waals surface area contributed by atoms with Crippen molar-refractivity contribution in [2.75, 3.05) is 6.61 Å². The van der Waals surface area contributed by atoms with Crippen molar-refractivity contribution in [2.45, 2.75) is 26.2 Å². The minimum atomic E-state index is -0.665. The number of hydrogen-bond donors (Lipinski definition) is 0. The van der Waals surface area contributed by atoms with Gasteiger partial charge in [0, 0.05) is 6.07 Å². The van der Waals surface area contributed by atoms with Crippen molar-refractivity contribution in [1.82, 2.24) is 4.98 Å². The van der Waals surface area contributed by atoms with Crippen LogP contribution in [0.25, 0.3) is 0 Å². The van der Waals surface area contributed by atoms with E-state index in [1.54, 1.807) is 18.2 Å². The first kappa shape index (κ1) is 17.8. The van der Waals surface area contributed by atoms with E-state index in [2.05, 4.69) is 11.9 Å². The highest BCUT2D eigenvalue weighted by molar-refractivity contribution is 6.33. The van der Waals surface area contributed by atoms with Crippen LogP contribution in [0, 0.1) is 11.3 Å². The van der Waals surface area contributed by atoms with Gasteiger partial charge in [0.25, 0.3) is 0 Å². The fraction of sp³-hybridized carbons (Fsp3) is 0.278. The quantitative estimate of drug-likeness (QED) is 0.423. The average Bonchev–Trinajstić information content (AvgIpc) is 2.59. The summed E-state index contributed by atoms with van der Waals surface area (Å²) in [5, 5.41) is 8.91. The fourth-order valence-electron chi connectivity index (χ4n) is 1.94. The Kier molecular flexibility index (Phi) is 6.59. The number of nitrogens with zero attached hydrogens (tertiary/aromatic N) is 2. The number of benzene rings is 1. The first-order valence-electron chi connectivity index (χ1n) is 7.64. The summed E-state index contributed by atoms with van der Waals surface area (Å²) in [5.74, 6) is 0.171. The molecule has 0 radical (unpaired) electrons. The summed E-state index contributed by atoms with van der Waals surface area (Å²) in [7, 11) is 0. The topological polar surface area (TPSA) is 72.2 Å². The molecule has 6 heteroatoms. The van der Waals surface area contributed by atoms with Gasteiger partial charge >= 0.3 is 5.97 Å². The summed E-state index contributed by atoms with van der Waals surface area (Å²) in [6, 6.07) is 9.74. The van der Waals surface area contributed by atoms with Gasteiger partial charge in [-0.15, -0.1) is 0 Å². The zero-order chi connectivity index (χ0) is 17.4. The lowest BCUT2D eigenvalue weighted by atomic mass is 10.2. The van der Waals surface area contributed by atoms with Crippen LogP contribution in [0.1, 0.15) is 42.2 Å². The van der Waals surface area contributed by atoms with E-state index in [0.29, 0.717) is 23.7 Å². The highest BCUT2D eigenvalue weighted by Gasteiger charge is 2.16. The lowest BCUT2D eigenvalue weighted by molar-refractivity contribution is 0.0728. The van der Waals surface area contributed by atoms with Gasteiger partial charge in [0.15, 0.2) is 5.69 Å². The van der Waals surface area contributed by atoms with E-state index < -0.39 is 5.97 Å². The van der Waals surface area contributed by atoms with E-state index >= 15 is 0 Å². The Bertz CT molecular complexity index is 739. The van der Waals surface area contributed by atoms with Crippen molar-refractivity contribution >= 4 is 17.6 Å². The molecule has 1 aromatic carbocycles. The van der Waals surface area contributed by atoms with Gasteiger partial charge in [-0.3, -0.25) is 0 Å². The van der Waals surface area contributed by atoms with Gasteiger partial charge in [0.05, 0.1) is 29.5 Å². The standard InChI is InChI=1S/C18H17ClN2O3/c1-2-3-4-9-23-15-10-16(19)17(21-12-15)18(22)24-14-7-5-13(11-20)6-8-14/h5-8,10,12H,2-4,9H2,1H3. The van der Waals surface area contributed by atoms with E-state index in [0.717, 1.165) is 19.3 Å². The van der Waals surface area contributed by atoms with Crippen molar-refractivity contribution in [2.24, 2.45) is 0 Å². The van der Waals surface area contributed by atoms with E-state index in [1.165, 1.54) is 18.3 Å². The van der Waals surface area contributed by atoms with Gasteiger partial charge in [-0.2, -0.15) is 5.26 Å². The van der Waals surface area contributed by atoms with Gasteiger partial charge < -0.3 is 9.47 Å². The van der Waals surface area contributed by atoms with Gasteiger partial charge in [0.1, 0.15) is 11.5 Å². The van der Waals surface area contributed by atoms with Crippen LogP contribution in [0.4, 0.5) is 0 Å². The molecule has 0 amide bonds. The zero-order valence-electron chi connectivity index (χ0n) is 13.3. The number of carbonyl (C=O) groups excluding carboxylic acids is 1. The Hall–Kier alpha value is -2.58. The van der Waals surface area contributed by atoms with E-state index in [-0.39, 0.29) is 10.7 Å². The van der Waals surface area contributed by atoms with Crippen molar-refractivity contribution < 1.29 is 14.3 Å². The second kappa shape index (κ2) is 8.90. The number of carbonyl (C=O) groups is 1. The smallest absolute Gasteiger partial charge is 0.363 e. The highest BCUT2D eigenvalue weighted by Crippen LogP contribution is 2.22. The lowest BCUT2D eigenvalue weighted by Gasteiger charge is -2.08. The predicted octanol–water partition coefficient (Wildman–Crippen LogP) is 4.39. The second-order valence-electron chi connectivity index (χ2n) is 5.08. The van der Waals surface area contributed by atoms with Crippen LogP contribution in [0.2, 0.25) is 5.02 Å². The normalized spacial score (nSPS) is 10.0. The Balaban J connectivity index is 2.00. The van der Waals surface area contributed by atoms with Gasteiger partial charge in [-0.1, -0.05) is 31.4 Å². The van der Waals surface area contributed by atoms with Crippen molar-refractivity contribution in [3.63, 3.8) is 0 Å². The minimum absolute atomic E-state index is 0.0157. The number of pyridine rings is 1. The molecule has 0 saturated carbocycles. The monoisotopic (exact) mass is 344 g/mol. The molecule has 0 saturated heterocycles. The van der Waals surface area contributed by atoms with Crippen molar-refractivity contribution in [1.29, 1.82) is 5.26 Å². The maximum absolute atomic E-state index is 12.1. The van der Waals surface area contributed by atoms with Crippen LogP contribution < -0.4 is 9.47 Å². The molecule has 0 aliphatic heterocycles. The highest BCUT2D eigenvalue weighted by atomic mass is 35.5. The third-order valence-corrected chi connectivity index (χ3v) is 3.51. The molecule has 0 bridgehead atoms. The third kappa shape index (κ3) is 4.97. The van der Waals surface area contributed by atoms with Crippen LogP contribution in [0.15, 0.2) is 36.5 Å². The van der Waals surface area contributed by atoms with Gasteiger partial charge in [-0.05, 0) is 30.7 Å². The summed E-state index contributed by atoms with van der Waals surface area (Å²) in [6.45, 7) is 2.70. The molecule has 5 nitrogen and oxygen atoms in total. The molecule has 1 heterocycles. The molecule has 2 aromatic rings. The van der Waals surface area contributed by atoms with E-state index in [1.807, 2.05) is 6.07 Å². The number of aromatic nitrogens is 1. The number of esters is 1. The first-order chi connectivity index (χ1) is 11.6. The molecule has 24 heavy (non-hydrogen) atoms. The summed E-state index contributed by atoms with van der Waals surface area (Å²) < 4.78 is 10.7. The summed E-state index contributed by atoms with van der Waals surface area (Å²) >= 11 is 6.09. The van der Waals surface area contributed by atoms with Gasteiger partial charge in [-0.25, -0.2) is 9.78 Å². The van der Waals surface area contributed by atoms with E-state index in [4.69, 9.17) is 26.3 Å². The molecule has 0 fully saturated rings. The average molecular weight is 345 g/mol. The number of nitriles is 1. The molecule has 0 aliphatic rings. The predicted molar refractivity (Wildman–Crippen MR) is 90.4 cm³/mol. The molecule has 0 unspecified atom stereocenters. The Morgan fingerprint density at radius 1 is 1.25 bits per heavy atom. The number of unbranched alkanes of at least 4 members (excludes halogenated alkanes) is 2. The summed E-state index contributed by atoms with van der Waals surface area (Å²) in [6.07, 6.45) is 4.61. The third-order valence-electron chi connectivity index (χ3n) is 3.22. The zero-order valence-corrected chi connectivity index (χ0v) is 14.0. The van der Waals surface area contributed by atoms with E-state index in [9.17, 15) is 4.79 Å². The largest absolute Gasteiger partial charge is 0.492 e. The SMILES string of the molecule is CCCCCOc1cnc(C(=O)Oc2ccc(C#N)cc2)c(Cl)c1. The lowest BCUT2D eigenvalue weighted by Crippen LogP contribution is -2.11. The first-order valence-corrected chi connectivity index (χ1v) is 8.02. The maximum Gasteiger partial charge on any atom is 0.363 e. The Morgan fingerprint density at radius 2 is 2.00 bits per heavy atom. The van der Waals surface area contributed by atoms with Crippen LogP contribution in [0.5, 0.6) is 11.5 Å². The van der Waals surface area contributed by atoms with Gasteiger partial charge in [0.2, 0.25) is 0 Å². The van der Waals surface area contributed by atoms with Crippen LogP contribution >= 0.6 is 11.6 Å². The molecule has 0 atom stereocenters. The molecule has 0 N–H and O–H groups in total. The van der Waals surface area contributed by atoms with Crippen molar-refractivity contribution in [3.05, 3.63) is 52.8 Å². The molecule has 0 aliphatic carbocycles. The molecular weight excluding hydrogens is 328 g/mol. The maximum atomic E-state index is 12.1. The van der Waals surface area contributed by atoms with Crippen LogP contribution in [-0.2, 0) is 0 Å². The molecule has 124 valence electrons. The minimum Gasteiger partial charge on any atom is -0.492 e. The Morgan fingerprint density at radius 3 is 2.62 bits per heavy atom. The molecular formula is C18H17ClN2O3.